The van der Waals surface area contributed by atoms with E-state index < -0.39 is 16.1 Å². The zero-order valence-electron chi connectivity index (χ0n) is 26.5. The highest BCUT2D eigenvalue weighted by Crippen LogP contribution is 2.48. The molecule has 0 heterocycles. The van der Waals surface area contributed by atoms with Gasteiger partial charge in [-0.25, -0.2) is 0 Å². The first-order valence-electron chi connectivity index (χ1n) is 14.9. The number of hydrogen-bond donors (Lipinski definition) is 0. The molecule has 1 nitrogen and oxygen atoms in total. The van der Waals surface area contributed by atoms with Crippen LogP contribution in [-0.2, 0) is 0 Å². The maximum Gasteiger partial charge on any atom is 0.161 e. The fourth-order valence-electron chi connectivity index (χ4n) is 9.26. The third-order valence-electron chi connectivity index (χ3n) is 10.1. The Kier molecular flexibility index (Phi) is 9.96. The summed E-state index contributed by atoms with van der Waals surface area (Å²) in [5.74, 6) is 0.154. The summed E-state index contributed by atoms with van der Waals surface area (Å²) in [5.41, 5.74) is 4.13. The van der Waals surface area contributed by atoms with E-state index in [4.69, 9.17) is 0 Å². The van der Waals surface area contributed by atoms with E-state index in [1.807, 2.05) is 0 Å². The average Bonchev–Trinajstić information content (AvgIpc) is 2.79. The van der Waals surface area contributed by atoms with Crippen LogP contribution in [0.25, 0.3) is 21.5 Å². The summed E-state index contributed by atoms with van der Waals surface area (Å²) in [5, 5.41) is 8.48. The van der Waals surface area contributed by atoms with Gasteiger partial charge in [-0.2, -0.15) is 0 Å². The molecule has 214 valence electrons. The highest BCUT2D eigenvalue weighted by atomic mass is 79.9. The van der Waals surface area contributed by atoms with E-state index in [0.29, 0.717) is 33.2 Å². The van der Waals surface area contributed by atoms with Crippen LogP contribution in [0.2, 0.25) is 33.2 Å². The monoisotopic (exact) mass is 688 g/mol. The lowest BCUT2D eigenvalue weighted by Crippen LogP contribution is -2.59. The van der Waals surface area contributed by atoms with Crippen molar-refractivity contribution < 1.29 is 4.79 Å². The summed E-state index contributed by atoms with van der Waals surface area (Å²) < 4.78 is 2.06. The topological polar surface area (TPSA) is 17.1 Å². The van der Waals surface area contributed by atoms with Gasteiger partial charge in [0.05, 0.1) is 16.1 Å². The molecule has 3 rings (SSSR count). The lowest BCUT2D eigenvalue weighted by Gasteiger charge is -2.48. The minimum absolute atomic E-state index is 0.154. The number of carbonyl (C=O) groups is 1. The average molecular weight is 691 g/mol. The lowest BCUT2D eigenvalue weighted by molar-refractivity contribution is 0.101. The quantitative estimate of drug-likeness (QED) is 0.124. The van der Waals surface area contributed by atoms with E-state index in [9.17, 15) is 4.79 Å². The van der Waals surface area contributed by atoms with Gasteiger partial charge in [0.1, 0.15) is 0 Å². The third-order valence-corrected chi connectivity index (χ3v) is 25.6. The molecule has 0 N–H and O–H groups in total. The van der Waals surface area contributed by atoms with Crippen LogP contribution >= 0.6 is 31.9 Å². The van der Waals surface area contributed by atoms with Gasteiger partial charge in [0, 0.05) is 14.5 Å². The SMILES string of the molecule is CC(=O)c1c(Br)ccc2c([Si](C(C)C)(C(C)C)C(C)C)c3cc(Br)ccc3c([Si](C(C)C)(C(C)C)C(C)C)c12. The first kappa shape index (κ1) is 32.8. The summed E-state index contributed by atoms with van der Waals surface area (Å²) in [7, 11) is -4.31. The molecular formula is C34H50Br2OSi2. The van der Waals surface area contributed by atoms with Crippen LogP contribution < -0.4 is 10.4 Å². The summed E-state index contributed by atoms with van der Waals surface area (Å²) in [6.07, 6.45) is 0. The van der Waals surface area contributed by atoms with Crippen molar-refractivity contribution in [2.24, 2.45) is 0 Å². The van der Waals surface area contributed by atoms with Crippen molar-refractivity contribution in [1.29, 1.82) is 0 Å². The van der Waals surface area contributed by atoms with Gasteiger partial charge >= 0.3 is 0 Å². The number of hydrogen-bond acceptors (Lipinski definition) is 1. The molecular weight excluding hydrogens is 640 g/mol. The first-order chi connectivity index (χ1) is 18.0. The number of fused-ring (bicyclic) bond motifs is 2. The van der Waals surface area contributed by atoms with E-state index in [1.165, 1.54) is 26.7 Å². The second-order valence-corrected chi connectivity index (χ2v) is 27.1. The van der Waals surface area contributed by atoms with Crippen LogP contribution in [0.1, 0.15) is 100 Å². The van der Waals surface area contributed by atoms with Gasteiger partial charge < -0.3 is 0 Å². The molecule has 5 heteroatoms. The minimum Gasteiger partial charge on any atom is -0.294 e. The van der Waals surface area contributed by atoms with Crippen molar-refractivity contribution in [3.8, 4) is 0 Å². The van der Waals surface area contributed by atoms with Gasteiger partial charge in [0.2, 0.25) is 0 Å². The summed E-state index contributed by atoms with van der Waals surface area (Å²) in [6.45, 7) is 31.1. The van der Waals surface area contributed by atoms with Gasteiger partial charge in [-0.3, -0.25) is 4.79 Å². The third kappa shape index (κ3) is 4.89. The van der Waals surface area contributed by atoms with Gasteiger partial charge in [0.25, 0.3) is 0 Å². The number of halogens is 2. The van der Waals surface area contributed by atoms with Crippen molar-refractivity contribution in [3.63, 3.8) is 0 Å². The predicted molar refractivity (Wildman–Crippen MR) is 188 cm³/mol. The minimum atomic E-state index is -2.19. The fraction of sp³-hybridized carbons (Fsp3) is 0.559. The molecule has 0 spiro atoms. The lowest BCUT2D eigenvalue weighted by atomic mass is 9.97. The van der Waals surface area contributed by atoms with E-state index in [2.05, 4.69) is 145 Å². The van der Waals surface area contributed by atoms with Gasteiger partial charge in [-0.1, -0.05) is 127 Å². The highest BCUT2D eigenvalue weighted by Gasteiger charge is 2.50. The van der Waals surface area contributed by atoms with Crippen LogP contribution in [-0.4, -0.2) is 21.9 Å². The molecule has 0 aliphatic heterocycles. The standard InChI is InChI=1S/C34H50Br2OSi2/c1-19(2)38(20(3)4,21(5)6)33-28-16-17-30(36)31(25(13)37)32(28)34(27-15-14-26(35)18-29(27)33)39(22(7)8,23(9)10)24(11)12/h14-24H,1-13H3. The second kappa shape index (κ2) is 11.9. The van der Waals surface area contributed by atoms with Crippen molar-refractivity contribution in [1.82, 2.24) is 0 Å². The Balaban J connectivity index is 2.97. The van der Waals surface area contributed by atoms with E-state index in [0.717, 1.165) is 14.5 Å². The Morgan fingerprint density at radius 2 is 1.00 bits per heavy atom. The molecule has 0 bridgehead atoms. The molecule has 0 unspecified atom stereocenters. The number of ketones is 1. The smallest absolute Gasteiger partial charge is 0.161 e. The van der Waals surface area contributed by atoms with Crippen molar-refractivity contribution >= 4 is 85.7 Å². The molecule has 39 heavy (non-hydrogen) atoms. The second-order valence-electron chi connectivity index (χ2n) is 13.6. The van der Waals surface area contributed by atoms with Crippen molar-refractivity contribution in [2.75, 3.05) is 0 Å². The molecule has 0 aromatic heterocycles. The number of rotatable bonds is 9. The van der Waals surface area contributed by atoms with Crippen LogP contribution in [0.15, 0.2) is 39.3 Å². The molecule has 3 aromatic carbocycles. The van der Waals surface area contributed by atoms with E-state index >= 15 is 0 Å². The largest absolute Gasteiger partial charge is 0.294 e. The van der Waals surface area contributed by atoms with Crippen LogP contribution in [0, 0.1) is 0 Å². The molecule has 0 radical (unpaired) electrons. The molecule has 0 aliphatic carbocycles. The zero-order chi connectivity index (χ0) is 29.8. The van der Waals surface area contributed by atoms with Gasteiger partial charge in [-0.15, -0.1) is 0 Å². The summed E-state index contributed by atoms with van der Waals surface area (Å²) in [6, 6.07) is 11.5. The van der Waals surface area contributed by atoms with Crippen molar-refractivity contribution in [3.05, 3.63) is 44.8 Å². The molecule has 0 atom stereocenters. The molecule has 0 saturated heterocycles. The predicted octanol–water partition coefficient (Wildman–Crippen LogP) is 11.5. The highest BCUT2D eigenvalue weighted by molar-refractivity contribution is 9.10. The van der Waals surface area contributed by atoms with Gasteiger partial charge in [0.15, 0.2) is 5.78 Å². The van der Waals surface area contributed by atoms with Crippen LogP contribution in [0.4, 0.5) is 0 Å². The Hall–Kier alpha value is -0.756. The Morgan fingerprint density at radius 3 is 1.41 bits per heavy atom. The maximum absolute atomic E-state index is 13.6. The normalized spacial score (nSPS) is 13.5. The number of Topliss-reactive ketones (excluding diaryl/α,β-unsaturated/α-hetero) is 1. The molecule has 0 fully saturated rings. The fourth-order valence-corrected chi connectivity index (χ4v) is 24.4. The zero-order valence-corrected chi connectivity index (χ0v) is 31.7. The first-order valence-corrected chi connectivity index (χ1v) is 20.9. The summed E-state index contributed by atoms with van der Waals surface area (Å²) in [4.78, 5) is 13.6. The summed E-state index contributed by atoms with van der Waals surface area (Å²) >= 11 is 7.75. The molecule has 0 aliphatic rings. The van der Waals surface area contributed by atoms with Crippen molar-refractivity contribution in [2.45, 2.75) is 123 Å². The van der Waals surface area contributed by atoms with E-state index in [-0.39, 0.29) is 5.78 Å². The number of carbonyl (C=O) groups excluding carboxylic acids is 1. The number of benzene rings is 3. The Morgan fingerprint density at radius 1 is 0.590 bits per heavy atom. The van der Waals surface area contributed by atoms with Crippen LogP contribution in [0.5, 0.6) is 0 Å². The maximum atomic E-state index is 13.6. The van der Waals surface area contributed by atoms with Gasteiger partial charge in [-0.05, 0) is 90.3 Å². The van der Waals surface area contributed by atoms with Crippen LogP contribution in [0.3, 0.4) is 0 Å². The van der Waals surface area contributed by atoms with E-state index in [1.54, 1.807) is 12.1 Å². The molecule has 0 amide bonds. The Bertz CT molecular complexity index is 1340. The Labute approximate surface area is 257 Å². The molecule has 0 saturated carbocycles. The molecule has 3 aromatic rings.